The van der Waals surface area contributed by atoms with Crippen LogP contribution < -0.4 is 9.64 Å². The lowest BCUT2D eigenvalue weighted by molar-refractivity contribution is -0.137. The molecule has 1 heterocycles. The molecule has 1 aromatic heterocycles. The summed E-state index contributed by atoms with van der Waals surface area (Å²) in [6.45, 7) is 4.18. The van der Waals surface area contributed by atoms with Crippen molar-refractivity contribution in [3.05, 3.63) is 100 Å². The Labute approximate surface area is 219 Å². The number of nitrogens with zero attached hydrogens (tertiary/aromatic N) is 2. The lowest BCUT2D eigenvalue weighted by Crippen LogP contribution is -2.23. The monoisotopic (exact) mass is 522 g/mol. The van der Waals surface area contributed by atoms with E-state index in [0.29, 0.717) is 24.4 Å². The van der Waals surface area contributed by atoms with Crippen LogP contribution in [0.5, 0.6) is 5.75 Å². The lowest BCUT2D eigenvalue weighted by atomic mass is 10.1. The van der Waals surface area contributed by atoms with Crippen molar-refractivity contribution in [3.63, 3.8) is 0 Å². The van der Waals surface area contributed by atoms with Crippen molar-refractivity contribution in [3.8, 4) is 17.0 Å². The molecule has 37 heavy (non-hydrogen) atoms. The van der Waals surface area contributed by atoms with Crippen LogP contribution in [0.2, 0.25) is 0 Å². The van der Waals surface area contributed by atoms with Crippen molar-refractivity contribution in [2.45, 2.75) is 51.4 Å². The van der Waals surface area contributed by atoms with E-state index in [2.05, 4.69) is 60.4 Å². The van der Waals surface area contributed by atoms with E-state index in [1.807, 2.05) is 5.38 Å². The van der Waals surface area contributed by atoms with Crippen LogP contribution in [-0.4, -0.2) is 11.5 Å². The second-order valence-corrected chi connectivity index (χ2v) is 10.3. The molecule has 0 spiro atoms. The molecule has 4 aromatic rings. The first-order valence-electron chi connectivity index (χ1n) is 12.6. The van der Waals surface area contributed by atoms with Gasteiger partial charge in [-0.15, -0.1) is 11.3 Å². The zero-order valence-corrected chi connectivity index (χ0v) is 21.5. The predicted octanol–water partition coefficient (Wildman–Crippen LogP) is 8.70. The van der Waals surface area contributed by atoms with Gasteiger partial charge >= 0.3 is 6.18 Å². The number of hydrogen-bond acceptors (Lipinski definition) is 4. The van der Waals surface area contributed by atoms with Crippen LogP contribution in [0.25, 0.3) is 11.3 Å². The predicted molar refractivity (Wildman–Crippen MR) is 143 cm³/mol. The number of anilines is 1. The molecule has 192 valence electrons. The summed E-state index contributed by atoms with van der Waals surface area (Å²) < 4.78 is 44.6. The first-order chi connectivity index (χ1) is 17.9. The number of benzene rings is 3. The molecule has 0 aliphatic heterocycles. The van der Waals surface area contributed by atoms with E-state index in [-0.39, 0.29) is 0 Å². The van der Waals surface area contributed by atoms with Gasteiger partial charge in [-0.1, -0.05) is 55.5 Å². The zero-order chi connectivity index (χ0) is 25.8. The van der Waals surface area contributed by atoms with E-state index in [9.17, 15) is 13.2 Å². The Balaban J connectivity index is 1.20. The molecule has 0 bridgehead atoms. The van der Waals surface area contributed by atoms with E-state index in [0.717, 1.165) is 53.0 Å². The molecule has 0 saturated heterocycles. The van der Waals surface area contributed by atoms with E-state index in [1.165, 1.54) is 41.9 Å². The van der Waals surface area contributed by atoms with Crippen LogP contribution in [0.3, 0.4) is 0 Å². The highest BCUT2D eigenvalue weighted by atomic mass is 32.1. The molecule has 7 heteroatoms. The minimum atomic E-state index is -4.34. The highest BCUT2D eigenvalue weighted by Gasteiger charge is 2.30. The zero-order valence-electron chi connectivity index (χ0n) is 20.7. The number of alkyl halides is 3. The maximum atomic E-state index is 12.9. The Morgan fingerprint density at radius 2 is 1.59 bits per heavy atom. The Morgan fingerprint density at radius 3 is 2.22 bits per heavy atom. The number of ether oxygens (including phenoxy) is 1. The average molecular weight is 523 g/mol. The van der Waals surface area contributed by atoms with Crippen molar-refractivity contribution in [2.75, 3.05) is 11.4 Å². The molecule has 3 aromatic carbocycles. The maximum Gasteiger partial charge on any atom is 0.416 e. The SMILES string of the molecule is CCCN(Cc1ccc(COc2ccc(C3CC3)cc2)cc1)c1nc(-c2ccc(C(F)(F)F)cc2)cs1. The highest BCUT2D eigenvalue weighted by Crippen LogP contribution is 2.40. The molecular weight excluding hydrogens is 493 g/mol. The summed E-state index contributed by atoms with van der Waals surface area (Å²) in [5.41, 5.74) is 4.39. The van der Waals surface area contributed by atoms with Crippen LogP contribution in [0.15, 0.2) is 78.2 Å². The van der Waals surface area contributed by atoms with Gasteiger partial charge in [-0.3, -0.25) is 0 Å². The van der Waals surface area contributed by atoms with E-state index in [1.54, 1.807) is 0 Å². The number of thiazole rings is 1. The molecule has 1 saturated carbocycles. The molecule has 0 atom stereocenters. The molecule has 0 amide bonds. The molecule has 3 nitrogen and oxygen atoms in total. The fourth-order valence-electron chi connectivity index (χ4n) is 4.27. The van der Waals surface area contributed by atoms with Gasteiger partial charge in [-0.2, -0.15) is 13.2 Å². The molecule has 1 aliphatic rings. The standard InChI is InChI=1S/C30H29F3N2OS/c1-2-17-35(29-34-28(20-37-29)25-9-13-26(14-10-25)30(31,32)33)18-21-3-5-22(6-4-21)19-36-27-15-11-24(12-16-27)23-7-8-23/h3-6,9-16,20,23H,2,7-8,17-19H2,1H3. The number of hydrogen-bond donors (Lipinski definition) is 0. The summed E-state index contributed by atoms with van der Waals surface area (Å²) in [5.74, 6) is 1.63. The minimum Gasteiger partial charge on any atom is -0.489 e. The summed E-state index contributed by atoms with van der Waals surface area (Å²) in [5, 5.41) is 2.76. The van der Waals surface area contributed by atoms with Gasteiger partial charge in [0.05, 0.1) is 11.3 Å². The van der Waals surface area contributed by atoms with Crippen LogP contribution in [0.1, 0.15) is 54.4 Å². The fraction of sp³-hybridized carbons (Fsp3) is 0.300. The van der Waals surface area contributed by atoms with Crippen molar-refractivity contribution in [2.24, 2.45) is 0 Å². The van der Waals surface area contributed by atoms with Crippen molar-refractivity contribution in [1.82, 2.24) is 4.98 Å². The van der Waals surface area contributed by atoms with Gasteiger partial charge in [0, 0.05) is 24.0 Å². The Hall–Kier alpha value is -3.32. The van der Waals surface area contributed by atoms with Crippen LogP contribution in [0, 0.1) is 0 Å². The fourth-order valence-corrected chi connectivity index (χ4v) is 5.13. The number of aromatic nitrogens is 1. The summed E-state index contributed by atoms with van der Waals surface area (Å²) in [6.07, 6.45) is -0.788. The third-order valence-electron chi connectivity index (χ3n) is 6.49. The van der Waals surface area contributed by atoms with Crippen molar-refractivity contribution in [1.29, 1.82) is 0 Å². The molecule has 1 fully saturated rings. The minimum absolute atomic E-state index is 0.519. The third-order valence-corrected chi connectivity index (χ3v) is 7.40. The van der Waals surface area contributed by atoms with Crippen molar-refractivity contribution < 1.29 is 17.9 Å². The number of halogens is 3. The topological polar surface area (TPSA) is 25.4 Å². The van der Waals surface area contributed by atoms with Gasteiger partial charge in [0.2, 0.25) is 0 Å². The average Bonchev–Trinajstić information content (AvgIpc) is 3.64. The largest absolute Gasteiger partial charge is 0.489 e. The van der Waals surface area contributed by atoms with Gasteiger partial charge in [-0.25, -0.2) is 4.98 Å². The van der Waals surface area contributed by atoms with Crippen molar-refractivity contribution >= 4 is 16.5 Å². The highest BCUT2D eigenvalue weighted by molar-refractivity contribution is 7.14. The van der Waals surface area contributed by atoms with E-state index >= 15 is 0 Å². The van der Waals surface area contributed by atoms with Crippen LogP contribution in [-0.2, 0) is 19.3 Å². The first kappa shape index (κ1) is 25.3. The van der Waals surface area contributed by atoms with Gasteiger partial charge in [-0.05, 0) is 66.1 Å². The maximum absolute atomic E-state index is 12.9. The molecule has 0 unspecified atom stereocenters. The van der Waals surface area contributed by atoms with E-state index in [4.69, 9.17) is 9.72 Å². The summed E-state index contributed by atoms with van der Waals surface area (Å²) in [6, 6.07) is 22.0. The Kier molecular flexibility index (Phi) is 7.51. The number of rotatable bonds is 10. The lowest BCUT2D eigenvalue weighted by Gasteiger charge is -2.21. The van der Waals surface area contributed by atoms with Gasteiger partial charge in [0.15, 0.2) is 5.13 Å². The molecule has 0 radical (unpaired) electrons. The Bertz CT molecular complexity index is 1290. The van der Waals surface area contributed by atoms with E-state index < -0.39 is 11.7 Å². The van der Waals surface area contributed by atoms with Crippen LogP contribution >= 0.6 is 11.3 Å². The smallest absolute Gasteiger partial charge is 0.416 e. The quantitative estimate of drug-likeness (QED) is 0.208. The van der Waals surface area contributed by atoms with Crippen LogP contribution in [0.4, 0.5) is 18.3 Å². The summed E-state index contributed by atoms with van der Waals surface area (Å²) in [4.78, 5) is 6.95. The summed E-state index contributed by atoms with van der Waals surface area (Å²) in [7, 11) is 0. The first-order valence-corrected chi connectivity index (χ1v) is 13.5. The normalized spacial score (nSPS) is 13.5. The van der Waals surface area contributed by atoms with Gasteiger partial charge in [0.1, 0.15) is 12.4 Å². The summed E-state index contributed by atoms with van der Waals surface area (Å²) >= 11 is 1.51. The van der Waals surface area contributed by atoms with Gasteiger partial charge in [0.25, 0.3) is 0 Å². The van der Waals surface area contributed by atoms with Gasteiger partial charge < -0.3 is 9.64 Å². The molecule has 0 N–H and O–H groups in total. The molecule has 1 aliphatic carbocycles. The second kappa shape index (κ2) is 11.0. The molecular formula is C30H29F3N2OS. The third kappa shape index (κ3) is 6.52. The molecule has 5 rings (SSSR count). The second-order valence-electron chi connectivity index (χ2n) is 9.46. The Morgan fingerprint density at radius 1 is 0.919 bits per heavy atom.